The first-order chi connectivity index (χ1) is 7.15. The number of rotatable bonds is 4. The fourth-order valence-corrected chi connectivity index (χ4v) is 1.23. The predicted molar refractivity (Wildman–Crippen MR) is 57.8 cm³/mol. The van der Waals surface area contributed by atoms with E-state index in [1.807, 2.05) is 0 Å². The molecule has 0 radical (unpaired) electrons. The summed E-state index contributed by atoms with van der Waals surface area (Å²) in [7, 11) is 0. The van der Waals surface area contributed by atoms with E-state index < -0.39 is 5.82 Å². The molecule has 0 spiro atoms. The van der Waals surface area contributed by atoms with Crippen molar-refractivity contribution < 1.29 is 4.39 Å². The molecule has 1 rings (SSSR count). The van der Waals surface area contributed by atoms with Gasteiger partial charge in [-0.15, -0.1) is 0 Å². The summed E-state index contributed by atoms with van der Waals surface area (Å²) in [6, 6.07) is 6.50. The van der Waals surface area contributed by atoms with Gasteiger partial charge in [0.15, 0.2) is 0 Å². The highest BCUT2D eigenvalue weighted by Gasteiger charge is 2.06. The zero-order valence-corrected chi connectivity index (χ0v) is 8.81. The average Bonchev–Trinajstić information content (AvgIpc) is 2.20. The van der Waals surface area contributed by atoms with Crippen molar-refractivity contribution in [2.75, 3.05) is 6.54 Å². The largest absolute Gasteiger partial charge is 0.308 e. The maximum absolute atomic E-state index is 13.5. The van der Waals surface area contributed by atoms with Crippen molar-refractivity contribution in [1.82, 2.24) is 5.32 Å². The van der Waals surface area contributed by atoms with Gasteiger partial charge in [-0.3, -0.25) is 0 Å². The van der Waals surface area contributed by atoms with E-state index in [-0.39, 0.29) is 5.56 Å². The topological polar surface area (TPSA) is 35.8 Å². The van der Waals surface area contributed by atoms with Crippen molar-refractivity contribution in [3.63, 3.8) is 0 Å². The van der Waals surface area contributed by atoms with Crippen molar-refractivity contribution in [3.05, 3.63) is 46.8 Å². The third kappa shape index (κ3) is 3.35. The minimum Gasteiger partial charge on any atom is -0.308 e. The van der Waals surface area contributed by atoms with E-state index >= 15 is 0 Å². The van der Waals surface area contributed by atoms with Crippen molar-refractivity contribution in [2.45, 2.75) is 6.54 Å². The molecule has 1 aromatic rings. The number of hydrogen-bond donors (Lipinski definition) is 1. The summed E-state index contributed by atoms with van der Waals surface area (Å²) in [5.74, 6) is -0.479. The Kier molecular flexibility index (Phi) is 4.29. The molecule has 0 heterocycles. The first kappa shape index (κ1) is 11.7. The van der Waals surface area contributed by atoms with Gasteiger partial charge in [0, 0.05) is 23.7 Å². The molecule has 0 aliphatic carbocycles. The molecule has 0 bridgehead atoms. The van der Waals surface area contributed by atoms with Crippen LogP contribution in [0.2, 0.25) is 0 Å². The Morgan fingerprint density at radius 1 is 1.60 bits per heavy atom. The number of hydrogen-bond acceptors (Lipinski definition) is 2. The van der Waals surface area contributed by atoms with E-state index in [9.17, 15) is 4.39 Å². The van der Waals surface area contributed by atoms with Gasteiger partial charge >= 0.3 is 0 Å². The van der Waals surface area contributed by atoms with Crippen LogP contribution in [0.1, 0.15) is 11.1 Å². The summed E-state index contributed by atoms with van der Waals surface area (Å²) >= 11 is 5.54. The Morgan fingerprint density at radius 3 is 2.93 bits per heavy atom. The van der Waals surface area contributed by atoms with Gasteiger partial charge in [-0.2, -0.15) is 5.26 Å². The van der Waals surface area contributed by atoms with Gasteiger partial charge in [-0.25, -0.2) is 4.39 Å². The quantitative estimate of drug-likeness (QED) is 0.853. The third-order valence-corrected chi connectivity index (χ3v) is 1.97. The van der Waals surface area contributed by atoms with E-state index in [0.29, 0.717) is 23.7 Å². The molecule has 0 atom stereocenters. The number of nitrogens with zero attached hydrogens (tertiary/aromatic N) is 1. The highest BCUT2D eigenvalue weighted by Crippen LogP contribution is 2.11. The molecule has 1 N–H and O–H groups in total. The Balaban J connectivity index is 2.70. The second kappa shape index (κ2) is 5.50. The Morgan fingerprint density at radius 2 is 2.33 bits per heavy atom. The maximum atomic E-state index is 13.5. The second-order valence-electron chi connectivity index (χ2n) is 3.01. The van der Waals surface area contributed by atoms with Crippen molar-refractivity contribution >= 4 is 11.6 Å². The lowest BCUT2D eigenvalue weighted by Gasteiger charge is -2.05. The summed E-state index contributed by atoms with van der Waals surface area (Å²) in [6.07, 6.45) is 0. The van der Waals surface area contributed by atoms with Gasteiger partial charge in [0.2, 0.25) is 0 Å². The summed E-state index contributed by atoms with van der Waals surface area (Å²) < 4.78 is 13.5. The minimum atomic E-state index is -0.479. The molecule has 78 valence electrons. The fourth-order valence-electron chi connectivity index (χ4n) is 1.14. The van der Waals surface area contributed by atoms with Crippen LogP contribution in [0.25, 0.3) is 0 Å². The monoisotopic (exact) mass is 224 g/mol. The predicted octanol–water partition coefficient (Wildman–Crippen LogP) is 2.54. The molecule has 4 heteroatoms. The zero-order chi connectivity index (χ0) is 11.3. The first-order valence-corrected chi connectivity index (χ1v) is 4.74. The number of nitrogens with one attached hydrogen (secondary N) is 1. The molecule has 0 fully saturated rings. The standard InChI is InChI=1S/C11H10ClFN2/c1-8(12)6-15-7-10-4-2-3-9(5-14)11(10)13/h2-4,15H,1,6-7H2. The smallest absolute Gasteiger partial charge is 0.145 e. The molecule has 2 nitrogen and oxygen atoms in total. The van der Waals surface area contributed by atoms with E-state index in [4.69, 9.17) is 16.9 Å². The summed E-state index contributed by atoms with van der Waals surface area (Å²) in [5, 5.41) is 12.0. The summed E-state index contributed by atoms with van der Waals surface area (Å²) in [5.41, 5.74) is 0.506. The summed E-state index contributed by atoms with van der Waals surface area (Å²) in [4.78, 5) is 0. The Labute approximate surface area is 93.0 Å². The van der Waals surface area contributed by atoms with Gasteiger partial charge in [0.1, 0.15) is 11.9 Å². The van der Waals surface area contributed by atoms with Gasteiger partial charge < -0.3 is 5.32 Å². The van der Waals surface area contributed by atoms with Crippen LogP contribution in [0, 0.1) is 17.1 Å². The van der Waals surface area contributed by atoms with Crippen LogP contribution in [-0.2, 0) is 6.54 Å². The van der Waals surface area contributed by atoms with Crippen LogP contribution in [-0.4, -0.2) is 6.54 Å². The van der Waals surface area contributed by atoms with E-state index in [0.717, 1.165) is 0 Å². The van der Waals surface area contributed by atoms with Gasteiger partial charge in [-0.05, 0) is 6.07 Å². The molecule has 0 saturated heterocycles. The first-order valence-electron chi connectivity index (χ1n) is 4.36. The van der Waals surface area contributed by atoms with Crippen LogP contribution in [0.3, 0.4) is 0 Å². The van der Waals surface area contributed by atoms with Crippen molar-refractivity contribution in [3.8, 4) is 6.07 Å². The highest BCUT2D eigenvalue weighted by molar-refractivity contribution is 6.29. The van der Waals surface area contributed by atoms with Crippen LogP contribution >= 0.6 is 11.6 Å². The van der Waals surface area contributed by atoms with Crippen LogP contribution < -0.4 is 5.32 Å². The molecular formula is C11H10ClFN2. The fraction of sp³-hybridized carbons (Fsp3) is 0.182. The van der Waals surface area contributed by atoms with Crippen LogP contribution in [0.15, 0.2) is 29.8 Å². The number of benzene rings is 1. The van der Waals surface area contributed by atoms with Crippen LogP contribution in [0.5, 0.6) is 0 Å². The molecule has 0 aromatic heterocycles. The normalized spacial score (nSPS) is 9.67. The lowest BCUT2D eigenvalue weighted by molar-refractivity contribution is 0.593. The average molecular weight is 225 g/mol. The number of nitriles is 1. The highest BCUT2D eigenvalue weighted by atomic mass is 35.5. The van der Waals surface area contributed by atoms with Gasteiger partial charge in [0.25, 0.3) is 0 Å². The maximum Gasteiger partial charge on any atom is 0.145 e. The lowest BCUT2D eigenvalue weighted by atomic mass is 10.1. The Hall–Kier alpha value is -1.37. The zero-order valence-electron chi connectivity index (χ0n) is 8.06. The molecule has 0 saturated carbocycles. The molecule has 1 aromatic carbocycles. The third-order valence-electron chi connectivity index (χ3n) is 1.83. The summed E-state index contributed by atoms with van der Waals surface area (Å²) in [6.45, 7) is 4.24. The molecular weight excluding hydrogens is 215 g/mol. The molecule has 0 unspecified atom stereocenters. The van der Waals surface area contributed by atoms with E-state index in [2.05, 4.69) is 11.9 Å². The molecule has 0 amide bonds. The van der Waals surface area contributed by atoms with Gasteiger partial charge in [0.05, 0.1) is 5.56 Å². The van der Waals surface area contributed by atoms with Crippen molar-refractivity contribution in [2.24, 2.45) is 0 Å². The number of halogens is 2. The molecule has 0 aliphatic rings. The van der Waals surface area contributed by atoms with Crippen molar-refractivity contribution in [1.29, 1.82) is 5.26 Å². The van der Waals surface area contributed by atoms with Gasteiger partial charge in [-0.1, -0.05) is 30.3 Å². The van der Waals surface area contributed by atoms with Crippen LogP contribution in [0.4, 0.5) is 4.39 Å². The molecule has 0 aliphatic heterocycles. The SMILES string of the molecule is C=C(Cl)CNCc1cccc(C#N)c1F. The second-order valence-corrected chi connectivity index (χ2v) is 3.55. The molecule has 15 heavy (non-hydrogen) atoms. The van der Waals surface area contributed by atoms with E-state index in [1.54, 1.807) is 18.2 Å². The Bertz CT molecular complexity index is 410. The minimum absolute atomic E-state index is 0.0546. The lowest BCUT2D eigenvalue weighted by Crippen LogP contribution is -2.15. The van der Waals surface area contributed by atoms with E-state index in [1.165, 1.54) is 6.07 Å².